The van der Waals surface area contributed by atoms with E-state index in [9.17, 15) is 4.39 Å². The molecule has 2 nitrogen and oxygen atoms in total. The van der Waals surface area contributed by atoms with Gasteiger partial charge in [-0.1, -0.05) is 6.07 Å². The molecule has 0 saturated heterocycles. The zero-order valence-electron chi connectivity index (χ0n) is 8.46. The Kier molecular flexibility index (Phi) is 4.73. The number of thioether (sulfide) groups is 1. The third kappa shape index (κ3) is 3.96. The van der Waals surface area contributed by atoms with Gasteiger partial charge >= 0.3 is 0 Å². The van der Waals surface area contributed by atoms with E-state index in [0.29, 0.717) is 11.9 Å². The average molecular weight is 214 g/mol. The summed E-state index contributed by atoms with van der Waals surface area (Å²) >= 11 is 1.81. The number of pyridine rings is 1. The fraction of sp³-hybridized carbons (Fsp3) is 0.500. The monoisotopic (exact) mass is 214 g/mol. The summed E-state index contributed by atoms with van der Waals surface area (Å²) in [6, 6.07) is 5.11. The lowest BCUT2D eigenvalue weighted by molar-refractivity contribution is 0.583. The molecule has 1 atom stereocenters. The summed E-state index contributed by atoms with van der Waals surface area (Å²) in [6.07, 6.45) is 3.13. The van der Waals surface area contributed by atoms with Crippen molar-refractivity contribution in [2.24, 2.45) is 0 Å². The molecule has 0 amide bonds. The van der Waals surface area contributed by atoms with Crippen LogP contribution < -0.4 is 5.32 Å². The lowest BCUT2D eigenvalue weighted by atomic mass is 10.2. The molecule has 0 spiro atoms. The summed E-state index contributed by atoms with van der Waals surface area (Å²) in [5, 5.41) is 3.15. The maximum absolute atomic E-state index is 12.7. The second-order valence-corrected chi connectivity index (χ2v) is 4.16. The van der Waals surface area contributed by atoms with Crippen LogP contribution in [0.1, 0.15) is 13.3 Å². The lowest BCUT2D eigenvalue weighted by Gasteiger charge is -2.13. The van der Waals surface area contributed by atoms with Crippen molar-refractivity contribution in [3.05, 3.63) is 24.1 Å². The third-order valence-electron chi connectivity index (χ3n) is 1.86. The molecule has 0 saturated carbocycles. The predicted molar refractivity (Wildman–Crippen MR) is 60.3 cm³/mol. The highest BCUT2D eigenvalue weighted by Gasteiger charge is 2.02. The average Bonchev–Trinajstić information content (AvgIpc) is 2.15. The molecular weight excluding hydrogens is 199 g/mol. The van der Waals surface area contributed by atoms with Gasteiger partial charge in [-0.05, 0) is 37.5 Å². The van der Waals surface area contributed by atoms with Crippen molar-refractivity contribution in [3.63, 3.8) is 0 Å². The van der Waals surface area contributed by atoms with Gasteiger partial charge in [0.2, 0.25) is 5.95 Å². The Bertz CT molecular complexity index is 281. The van der Waals surface area contributed by atoms with E-state index in [1.807, 2.05) is 11.8 Å². The highest BCUT2D eigenvalue weighted by atomic mass is 32.2. The first-order valence-electron chi connectivity index (χ1n) is 4.60. The molecule has 1 heterocycles. The van der Waals surface area contributed by atoms with Gasteiger partial charge in [0.1, 0.15) is 5.82 Å². The van der Waals surface area contributed by atoms with Crippen LogP contribution in [0.3, 0.4) is 0 Å². The largest absolute Gasteiger partial charge is 0.367 e. The third-order valence-corrected chi connectivity index (χ3v) is 2.51. The number of nitrogens with one attached hydrogen (secondary N) is 1. The fourth-order valence-corrected chi connectivity index (χ4v) is 1.70. The highest BCUT2D eigenvalue weighted by Crippen LogP contribution is 2.08. The first-order valence-corrected chi connectivity index (χ1v) is 6.00. The Morgan fingerprint density at radius 3 is 3.00 bits per heavy atom. The molecule has 14 heavy (non-hydrogen) atoms. The van der Waals surface area contributed by atoms with Gasteiger partial charge in [-0.2, -0.15) is 16.2 Å². The van der Waals surface area contributed by atoms with Gasteiger partial charge in [-0.15, -0.1) is 0 Å². The van der Waals surface area contributed by atoms with Crippen molar-refractivity contribution in [2.75, 3.05) is 17.3 Å². The van der Waals surface area contributed by atoms with Crippen molar-refractivity contribution in [2.45, 2.75) is 19.4 Å². The summed E-state index contributed by atoms with van der Waals surface area (Å²) in [5.41, 5.74) is 0. The first-order chi connectivity index (χ1) is 6.72. The molecule has 0 aliphatic carbocycles. The van der Waals surface area contributed by atoms with Gasteiger partial charge in [0.15, 0.2) is 0 Å². The summed E-state index contributed by atoms with van der Waals surface area (Å²) in [5.74, 6) is 1.27. The van der Waals surface area contributed by atoms with Crippen LogP contribution >= 0.6 is 11.8 Å². The van der Waals surface area contributed by atoms with E-state index >= 15 is 0 Å². The normalized spacial score (nSPS) is 12.5. The van der Waals surface area contributed by atoms with Gasteiger partial charge in [0.05, 0.1) is 0 Å². The molecule has 1 aromatic rings. The molecule has 1 aromatic heterocycles. The molecule has 78 valence electrons. The number of hydrogen-bond acceptors (Lipinski definition) is 3. The van der Waals surface area contributed by atoms with Crippen LogP contribution in [-0.2, 0) is 0 Å². The van der Waals surface area contributed by atoms with E-state index in [4.69, 9.17) is 0 Å². The maximum atomic E-state index is 12.7. The maximum Gasteiger partial charge on any atom is 0.214 e. The predicted octanol–water partition coefficient (Wildman–Crippen LogP) is 2.77. The topological polar surface area (TPSA) is 24.9 Å². The molecule has 0 bridgehead atoms. The van der Waals surface area contributed by atoms with Crippen LogP contribution in [0.15, 0.2) is 18.2 Å². The Balaban J connectivity index is 2.43. The lowest BCUT2D eigenvalue weighted by Crippen LogP contribution is -2.16. The summed E-state index contributed by atoms with van der Waals surface area (Å²) in [6.45, 7) is 2.07. The summed E-state index contributed by atoms with van der Waals surface area (Å²) in [7, 11) is 0. The molecule has 4 heteroatoms. The first kappa shape index (κ1) is 11.3. The van der Waals surface area contributed by atoms with Gasteiger partial charge in [0, 0.05) is 6.04 Å². The number of nitrogens with zero attached hydrogens (tertiary/aromatic N) is 1. The van der Waals surface area contributed by atoms with E-state index in [2.05, 4.69) is 23.5 Å². The Morgan fingerprint density at radius 1 is 1.57 bits per heavy atom. The Hall–Kier alpha value is -0.770. The van der Waals surface area contributed by atoms with Gasteiger partial charge < -0.3 is 5.32 Å². The molecule has 1 unspecified atom stereocenters. The molecule has 1 rings (SSSR count). The van der Waals surface area contributed by atoms with E-state index in [-0.39, 0.29) is 0 Å². The quantitative estimate of drug-likeness (QED) is 0.763. The minimum absolute atomic E-state index is 0.330. The smallest absolute Gasteiger partial charge is 0.214 e. The Morgan fingerprint density at radius 2 is 2.36 bits per heavy atom. The van der Waals surface area contributed by atoms with Crippen LogP contribution in [-0.4, -0.2) is 23.0 Å². The minimum Gasteiger partial charge on any atom is -0.367 e. The number of hydrogen-bond donors (Lipinski definition) is 1. The fourth-order valence-electron chi connectivity index (χ4n) is 1.11. The van der Waals surface area contributed by atoms with Crippen molar-refractivity contribution in [3.8, 4) is 0 Å². The summed E-state index contributed by atoms with van der Waals surface area (Å²) < 4.78 is 12.7. The van der Waals surface area contributed by atoms with Gasteiger partial charge in [0.25, 0.3) is 0 Å². The van der Waals surface area contributed by atoms with Crippen LogP contribution in [0.25, 0.3) is 0 Å². The molecule has 0 aliphatic rings. The summed E-state index contributed by atoms with van der Waals surface area (Å²) in [4.78, 5) is 3.74. The molecule has 0 aliphatic heterocycles. The molecular formula is C10H15FN2S. The molecule has 0 radical (unpaired) electrons. The van der Waals surface area contributed by atoms with Gasteiger partial charge in [-0.3, -0.25) is 0 Å². The highest BCUT2D eigenvalue weighted by molar-refractivity contribution is 7.98. The van der Waals surface area contributed by atoms with Gasteiger partial charge in [-0.25, -0.2) is 4.98 Å². The van der Waals surface area contributed by atoms with E-state index in [0.717, 1.165) is 12.2 Å². The molecule has 0 fully saturated rings. The van der Waals surface area contributed by atoms with Crippen molar-refractivity contribution < 1.29 is 4.39 Å². The van der Waals surface area contributed by atoms with E-state index in [1.165, 1.54) is 6.07 Å². The van der Waals surface area contributed by atoms with E-state index in [1.54, 1.807) is 12.1 Å². The van der Waals surface area contributed by atoms with Crippen LogP contribution in [0.5, 0.6) is 0 Å². The molecule has 1 N–H and O–H groups in total. The second kappa shape index (κ2) is 5.86. The number of halogens is 1. The van der Waals surface area contributed by atoms with E-state index < -0.39 is 5.95 Å². The SMILES string of the molecule is CSCCC(C)Nc1cccc(F)n1. The van der Waals surface area contributed by atoms with Crippen LogP contribution in [0.4, 0.5) is 10.2 Å². The van der Waals surface area contributed by atoms with Crippen molar-refractivity contribution in [1.29, 1.82) is 0 Å². The Labute approximate surface area is 88.3 Å². The minimum atomic E-state index is -0.438. The van der Waals surface area contributed by atoms with Crippen LogP contribution in [0, 0.1) is 5.95 Å². The number of anilines is 1. The number of rotatable bonds is 5. The second-order valence-electron chi connectivity index (χ2n) is 3.17. The zero-order valence-corrected chi connectivity index (χ0v) is 9.27. The molecule has 0 aromatic carbocycles. The van der Waals surface area contributed by atoms with Crippen molar-refractivity contribution >= 4 is 17.6 Å². The standard InChI is InChI=1S/C10H15FN2S/c1-8(6-7-14-2)12-10-5-3-4-9(11)13-10/h3-5,8H,6-7H2,1-2H3,(H,12,13). The zero-order chi connectivity index (χ0) is 10.4. The van der Waals surface area contributed by atoms with Crippen LogP contribution in [0.2, 0.25) is 0 Å². The van der Waals surface area contributed by atoms with Crippen molar-refractivity contribution in [1.82, 2.24) is 4.98 Å². The number of aromatic nitrogens is 1.